The van der Waals surface area contributed by atoms with Crippen LogP contribution in [0.5, 0.6) is 0 Å². The summed E-state index contributed by atoms with van der Waals surface area (Å²) in [6.45, 7) is 3.09. The van der Waals surface area contributed by atoms with Gasteiger partial charge in [-0.1, -0.05) is 18.5 Å². The van der Waals surface area contributed by atoms with Crippen LogP contribution in [-0.2, 0) is 14.8 Å². The van der Waals surface area contributed by atoms with E-state index in [1.54, 1.807) is 0 Å². The van der Waals surface area contributed by atoms with Gasteiger partial charge in [-0.15, -0.1) is 0 Å². The highest BCUT2D eigenvalue weighted by Gasteiger charge is 2.31. The second-order valence-electron chi connectivity index (χ2n) is 4.45. The molecular formula is C12H17ClN2O3S. The van der Waals surface area contributed by atoms with Gasteiger partial charge >= 0.3 is 0 Å². The Labute approximate surface area is 118 Å². The molecule has 19 heavy (non-hydrogen) atoms. The lowest BCUT2D eigenvalue weighted by Gasteiger charge is -2.31. The molecule has 1 unspecified atom stereocenters. The third kappa shape index (κ3) is 3.02. The molecule has 106 valence electrons. The van der Waals surface area contributed by atoms with Crippen molar-refractivity contribution in [3.63, 3.8) is 0 Å². The summed E-state index contributed by atoms with van der Waals surface area (Å²) in [5.74, 6) is 0. The van der Waals surface area contributed by atoms with E-state index in [1.807, 2.05) is 6.92 Å². The van der Waals surface area contributed by atoms with Gasteiger partial charge in [0.05, 0.1) is 18.4 Å². The number of sulfonamides is 1. The van der Waals surface area contributed by atoms with Crippen molar-refractivity contribution >= 4 is 27.3 Å². The van der Waals surface area contributed by atoms with Crippen molar-refractivity contribution in [2.75, 3.05) is 25.4 Å². The van der Waals surface area contributed by atoms with E-state index >= 15 is 0 Å². The van der Waals surface area contributed by atoms with Gasteiger partial charge in [-0.3, -0.25) is 0 Å². The Morgan fingerprint density at radius 1 is 1.53 bits per heavy atom. The number of anilines is 1. The van der Waals surface area contributed by atoms with Crippen molar-refractivity contribution in [3.8, 4) is 0 Å². The smallest absolute Gasteiger partial charge is 0.245 e. The topological polar surface area (TPSA) is 72.6 Å². The fraction of sp³-hybridized carbons (Fsp3) is 0.500. The molecule has 2 N–H and O–H groups in total. The number of nitrogens with zero attached hydrogens (tertiary/aromatic N) is 1. The lowest BCUT2D eigenvalue weighted by Crippen LogP contribution is -2.45. The molecule has 2 rings (SSSR count). The molecule has 0 aromatic heterocycles. The van der Waals surface area contributed by atoms with Gasteiger partial charge in [-0.05, 0) is 24.6 Å². The van der Waals surface area contributed by atoms with E-state index in [9.17, 15) is 8.42 Å². The molecular weight excluding hydrogens is 288 g/mol. The second-order valence-corrected chi connectivity index (χ2v) is 6.79. The maximum absolute atomic E-state index is 12.5. The van der Waals surface area contributed by atoms with E-state index in [0.717, 1.165) is 6.42 Å². The summed E-state index contributed by atoms with van der Waals surface area (Å²) in [5.41, 5.74) is 5.93. The summed E-state index contributed by atoms with van der Waals surface area (Å²) in [6.07, 6.45) is 0.722. The first-order valence-electron chi connectivity index (χ1n) is 6.12. The van der Waals surface area contributed by atoms with Gasteiger partial charge in [0.1, 0.15) is 4.90 Å². The van der Waals surface area contributed by atoms with Gasteiger partial charge in [-0.2, -0.15) is 4.31 Å². The summed E-state index contributed by atoms with van der Waals surface area (Å²) in [7, 11) is -3.58. The summed E-state index contributed by atoms with van der Waals surface area (Å²) in [4.78, 5) is 0.105. The zero-order chi connectivity index (χ0) is 14.0. The number of ether oxygens (including phenoxy) is 1. The zero-order valence-corrected chi connectivity index (χ0v) is 12.2. The first kappa shape index (κ1) is 14.6. The minimum absolute atomic E-state index is 0.0583. The fourth-order valence-corrected chi connectivity index (χ4v) is 3.78. The van der Waals surface area contributed by atoms with Crippen LogP contribution in [0.3, 0.4) is 0 Å². The van der Waals surface area contributed by atoms with Crippen LogP contribution in [0.2, 0.25) is 5.02 Å². The number of hydrogen-bond donors (Lipinski definition) is 1. The van der Waals surface area contributed by atoms with Gasteiger partial charge in [0, 0.05) is 18.1 Å². The van der Waals surface area contributed by atoms with Crippen LogP contribution in [0, 0.1) is 0 Å². The molecule has 7 heteroatoms. The number of rotatable bonds is 3. The maximum Gasteiger partial charge on any atom is 0.245 e. The predicted octanol–water partition coefficient (Wildman–Crippen LogP) is 1.72. The van der Waals surface area contributed by atoms with Crippen LogP contribution in [0.4, 0.5) is 5.69 Å². The summed E-state index contributed by atoms with van der Waals surface area (Å²) in [5, 5.41) is 0.421. The highest BCUT2D eigenvalue weighted by molar-refractivity contribution is 7.89. The molecule has 0 radical (unpaired) electrons. The van der Waals surface area contributed by atoms with E-state index in [0.29, 0.717) is 24.7 Å². The lowest BCUT2D eigenvalue weighted by atomic mass is 10.2. The number of benzene rings is 1. The normalized spacial score (nSPS) is 21.5. The Morgan fingerprint density at radius 3 is 2.89 bits per heavy atom. The molecule has 1 fully saturated rings. The molecule has 0 bridgehead atoms. The van der Waals surface area contributed by atoms with Gasteiger partial charge in [0.2, 0.25) is 10.0 Å². The SMILES string of the molecule is CCC1CN(S(=O)(=O)c2ccc(Cl)cc2N)CCO1. The van der Waals surface area contributed by atoms with Crippen molar-refractivity contribution < 1.29 is 13.2 Å². The fourth-order valence-electron chi connectivity index (χ4n) is 2.05. The Morgan fingerprint density at radius 2 is 2.26 bits per heavy atom. The second kappa shape index (κ2) is 5.66. The number of nitrogens with two attached hydrogens (primary N) is 1. The van der Waals surface area contributed by atoms with E-state index < -0.39 is 10.0 Å². The van der Waals surface area contributed by atoms with Crippen molar-refractivity contribution in [3.05, 3.63) is 23.2 Å². The quantitative estimate of drug-likeness (QED) is 0.863. The summed E-state index contributed by atoms with van der Waals surface area (Å²) < 4.78 is 32.0. The highest BCUT2D eigenvalue weighted by atomic mass is 35.5. The van der Waals surface area contributed by atoms with Crippen LogP contribution >= 0.6 is 11.6 Å². The van der Waals surface area contributed by atoms with Crippen LogP contribution < -0.4 is 5.73 Å². The van der Waals surface area contributed by atoms with Crippen LogP contribution in [0.15, 0.2) is 23.1 Å². The van der Waals surface area contributed by atoms with Gasteiger partial charge in [0.25, 0.3) is 0 Å². The molecule has 0 saturated carbocycles. The Balaban J connectivity index is 2.31. The molecule has 1 saturated heterocycles. The monoisotopic (exact) mass is 304 g/mol. The molecule has 0 aliphatic carbocycles. The van der Waals surface area contributed by atoms with E-state index in [2.05, 4.69) is 0 Å². The minimum Gasteiger partial charge on any atom is -0.398 e. The molecule has 1 heterocycles. The van der Waals surface area contributed by atoms with Crippen LogP contribution in [0.25, 0.3) is 0 Å². The average molecular weight is 305 g/mol. The molecule has 5 nitrogen and oxygen atoms in total. The van der Waals surface area contributed by atoms with Crippen molar-refractivity contribution in [1.82, 2.24) is 4.31 Å². The van der Waals surface area contributed by atoms with Crippen molar-refractivity contribution in [2.24, 2.45) is 0 Å². The number of halogens is 1. The molecule has 1 aliphatic rings. The maximum atomic E-state index is 12.5. The third-order valence-corrected chi connectivity index (χ3v) is 5.32. The van der Waals surface area contributed by atoms with E-state index in [-0.39, 0.29) is 16.7 Å². The molecule has 1 aromatic carbocycles. The Bertz CT molecular complexity index is 562. The van der Waals surface area contributed by atoms with Crippen LogP contribution in [0.1, 0.15) is 13.3 Å². The van der Waals surface area contributed by atoms with Crippen LogP contribution in [-0.4, -0.2) is 38.5 Å². The van der Waals surface area contributed by atoms with Gasteiger partial charge < -0.3 is 10.5 Å². The van der Waals surface area contributed by atoms with Crippen molar-refractivity contribution in [2.45, 2.75) is 24.3 Å². The molecule has 0 spiro atoms. The Kier molecular flexibility index (Phi) is 4.35. The minimum atomic E-state index is -3.58. The number of hydrogen-bond acceptors (Lipinski definition) is 4. The van der Waals surface area contributed by atoms with Gasteiger partial charge in [0.15, 0.2) is 0 Å². The summed E-state index contributed by atoms with van der Waals surface area (Å²) in [6, 6.07) is 4.43. The zero-order valence-electron chi connectivity index (χ0n) is 10.7. The number of nitrogen functional groups attached to an aromatic ring is 1. The molecule has 1 aromatic rings. The highest BCUT2D eigenvalue weighted by Crippen LogP contribution is 2.26. The largest absolute Gasteiger partial charge is 0.398 e. The predicted molar refractivity (Wildman–Crippen MR) is 74.7 cm³/mol. The average Bonchev–Trinajstić information content (AvgIpc) is 2.38. The summed E-state index contributed by atoms with van der Waals surface area (Å²) >= 11 is 5.79. The van der Waals surface area contributed by atoms with Crippen molar-refractivity contribution in [1.29, 1.82) is 0 Å². The third-order valence-electron chi connectivity index (χ3n) is 3.15. The Hall–Kier alpha value is -0.820. The molecule has 1 atom stereocenters. The first-order chi connectivity index (χ1) is 8.95. The first-order valence-corrected chi connectivity index (χ1v) is 7.93. The standard InChI is InChI=1S/C12H17ClN2O3S/c1-2-10-8-15(5-6-18-10)19(16,17)12-4-3-9(13)7-11(12)14/h3-4,7,10H,2,5-6,8,14H2,1H3. The van der Waals surface area contributed by atoms with Gasteiger partial charge in [-0.25, -0.2) is 8.42 Å². The number of morpholine rings is 1. The molecule has 0 amide bonds. The molecule has 1 aliphatic heterocycles. The van der Waals surface area contributed by atoms with E-state index in [4.69, 9.17) is 22.1 Å². The van der Waals surface area contributed by atoms with E-state index in [1.165, 1.54) is 22.5 Å². The lowest BCUT2D eigenvalue weighted by molar-refractivity contribution is -0.00276.